The molecular weight excluding hydrogens is 438 g/mol. The number of aryl methyl sites for hydroxylation is 1. The first-order valence-corrected chi connectivity index (χ1v) is 10.9. The number of amides is 1. The molecule has 1 N–H and O–H groups in total. The van der Waals surface area contributed by atoms with E-state index in [0.29, 0.717) is 27.6 Å². The zero-order valence-electron chi connectivity index (χ0n) is 18.0. The number of ether oxygens (including phenoxy) is 1. The lowest BCUT2D eigenvalue weighted by molar-refractivity contribution is 0.0992. The van der Waals surface area contributed by atoms with Crippen LogP contribution in [0.15, 0.2) is 89.3 Å². The van der Waals surface area contributed by atoms with E-state index < -0.39 is 5.91 Å². The molecule has 0 atom stereocenters. The number of halogens is 1. The first-order chi connectivity index (χ1) is 16.0. The monoisotopic (exact) mass is 459 g/mol. The van der Waals surface area contributed by atoms with E-state index >= 15 is 0 Å². The fourth-order valence-electron chi connectivity index (χ4n) is 3.30. The van der Waals surface area contributed by atoms with Gasteiger partial charge in [-0.3, -0.25) is 9.59 Å². The summed E-state index contributed by atoms with van der Waals surface area (Å²) in [6, 6.07) is 24.7. The van der Waals surface area contributed by atoms with Gasteiger partial charge in [-0.05, 0) is 54.4 Å². The second-order valence-electron chi connectivity index (χ2n) is 7.39. The summed E-state index contributed by atoms with van der Waals surface area (Å²) in [6.07, 6.45) is 0.962. The highest BCUT2D eigenvalue weighted by atomic mass is 35.5. The molecule has 166 valence electrons. The predicted molar refractivity (Wildman–Crippen MR) is 128 cm³/mol. The van der Waals surface area contributed by atoms with E-state index in [4.69, 9.17) is 20.8 Å². The Balaban J connectivity index is 1.45. The van der Waals surface area contributed by atoms with Gasteiger partial charge in [0, 0.05) is 16.1 Å². The van der Waals surface area contributed by atoms with Crippen molar-refractivity contribution in [1.82, 2.24) is 0 Å². The van der Waals surface area contributed by atoms with E-state index in [2.05, 4.69) is 12.2 Å². The number of anilines is 1. The summed E-state index contributed by atoms with van der Waals surface area (Å²) in [5.74, 6) is 0.633. The van der Waals surface area contributed by atoms with Gasteiger partial charge in [-0.1, -0.05) is 61.0 Å². The van der Waals surface area contributed by atoms with E-state index in [1.165, 1.54) is 11.6 Å². The minimum absolute atomic E-state index is 0.114. The van der Waals surface area contributed by atoms with Crippen molar-refractivity contribution in [2.24, 2.45) is 0 Å². The predicted octanol–water partition coefficient (Wildman–Crippen LogP) is 6.56. The van der Waals surface area contributed by atoms with Crippen LogP contribution in [0.1, 0.15) is 44.7 Å². The van der Waals surface area contributed by atoms with Crippen molar-refractivity contribution in [2.45, 2.75) is 20.0 Å². The van der Waals surface area contributed by atoms with Crippen molar-refractivity contribution in [3.63, 3.8) is 0 Å². The second kappa shape index (κ2) is 10.2. The number of ketones is 1. The summed E-state index contributed by atoms with van der Waals surface area (Å²) in [5, 5.41) is 3.15. The Kier molecular flexibility index (Phi) is 6.91. The number of carbonyl (C=O) groups is 2. The van der Waals surface area contributed by atoms with E-state index in [-0.39, 0.29) is 18.2 Å². The lowest BCUT2D eigenvalue weighted by atomic mass is 10.0. The average Bonchev–Trinajstić information content (AvgIpc) is 3.33. The van der Waals surface area contributed by atoms with Crippen LogP contribution >= 0.6 is 11.6 Å². The topological polar surface area (TPSA) is 68.5 Å². The smallest absolute Gasteiger partial charge is 0.291 e. The molecular formula is C27H22ClNO4. The summed E-state index contributed by atoms with van der Waals surface area (Å²) >= 11 is 6.11. The largest absolute Gasteiger partial charge is 0.486 e. The van der Waals surface area contributed by atoms with Crippen LogP contribution in [0.2, 0.25) is 5.02 Å². The molecule has 0 spiro atoms. The van der Waals surface area contributed by atoms with E-state index in [1.807, 2.05) is 30.3 Å². The Morgan fingerprint density at radius 2 is 1.70 bits per heavy atom. The highest BCUT2D eigenvalue weighted by molar-refractivity contribution is 6.31. The molecule has 3 aromatic carbocycles. The zero-order chi connectivity index (χ0) is 23.2. The van der Waals surface area contributed by atoms with Crippen LogP contribution in [0.5, 0.6) is 5.75 Å². The van der Waals surface area contributed by atoms with Crippen LogP contribution in [0.3, 0.4) is 0 Å². The number of nitrogens with one attached hydrogen (secondary N) is 1. The SMILES string of the molecule is CCc1ccc(OCc2ccc(C(=O)Nc3ccc(Cl)cc3C(=O)c3ccccc3)o2)cc1. The number of furan rings is 1. The fourth-order valence-corrected chi connectivity index (χ4v) is 3.47. The molecule has 0 bridgehead atoms. The zero-order valence-corrected chi connectivity index (χ0v) is 18.8. The maximum Gasteiger partial charge on any atom is 0.291 e. The number of carbonyl (C=O) groups excluding carboxylic acids is 2. The van der Waals surface area contributed by atoms with Gasteiger partial charge in [-0.2, -0.15) is 0 Å². The van der Waals surface area contributed by atoms with Crippen LogP contribution in [0.25, 0.3) is 0 Å². The highest BCUT2D eigenvalue weighted by Crippen LogP contribution is 2.25. The molecule has 0 aliphatic heterocycles. The molecule has 33 heavy (non-hydrogen) atoms. The standard InChI is InChI=1S/C27H22ClNO4/c1-2-18-8-11-21(12-9-18)32-17-22-13-15-25(33-22)27(31)29-24-14-10-20(28)16-23(24)26(30)19-6-4-3-5-7-19/h3-16H,2,17H2,1H3,(H,29,31). The molecule has 0 radical (unpaired) electrons. The molecule has 4 aromatic rings. The Labute approximate surface area is 197 Å². The van der Waals surface area contributed by atoms with Crippen molar-refractivity contribution in [3.8, 4) is 5.75 Å². The van der Waals surface area contributed by atoms with Crippen LogP contribution in [0, 0.1) is 0 Å². The molecule has 1 aromatic heterocycles. The third-order valence-corrected chi connectivity index (χ3v) is 5.34. The molecule has 1 heterocycles. The quantitative estimate of drug-likeness (QED) is 0.303. The summed E-state index contributed by atoms with van der Waals surface area (Å²) in [6.45, 7) is 2.29. The first kappa shape index (κ1) is 22.4. The summed E-state index contributed by atoms with van der Waals surface area (Å²) in [4.78, 5) is 25.7. The van der Waals surface area contributed by atoms with Crippen LogP contribution < -0.4 is 10.1 Å². The Morgan fingerprint density at radius 3 is 2.42 bits per heavy atom. The van der Waals surface area contributed by atoms with E-state index in [1.54, 1.807) is 48.5 Å². The summed E-state index contributed by atoms with van der Waals surface area (Å²) < 4.78 is 11.4. The van der Waals surface area contributed by atoms with Gasteiger partial charge in [0.15, 0.2) is 11.5 Å². The van der Waals surface area contributed by atoms with Crippen LogP contribution in [-0.2, 0) is 13.0 Å². The maximum atomic E-state index is 13.0. The van der Waals surface area contributed by atoms with E-state index in [0.717, 1.165) is 12.2 Å². The molecule has 0 aliphatic rings. The van der Waals surface area contributed by atoms with E-state index in [9.17, 15) is 9.59 Å². The maximum absolute atomic E-state index is 13.0. The minimum Gasteiger partial charge on any atom is -0.486 e. The second-order valence-corrected chi connectivity index (χ2v) is 7.83. The molecule has 0 fully saturated rings. The van der Waals surface area contributed by atoms with Gasteiger partial charge in [0.1, 0.15) is 18.1 Å². The third-order valence-electron chi connectivity index (χ3n) is 5.11. The van der Waals surface area contributed by atoms with Crippen molar-refractivity contribution >= 4 is 29.0 Å². The van der Waals surface area contributed by atoms with Gasteiger partial charge in [0.2, 0.25) is 0 Å². The molecule has 0 saturated heterocycles. The lowest BCUT2D eigenvalue weighted by Crippen LogP contribution is -2.14. The van der Waals surface area contributed by atoms with Crippen molar-refractivity contribution in [3.05, 3.63) is 118 Å². The van der Waals surface area contributed by atoms with Crippen molar-refractivity contribution in [2.75, 3.05) is 5.32 Å². The van der Waals surface area contributed by atoms with Gasteiger partial charge in [-0.25, -0.2) is 0 Å². The Hall–Kier alpha value is -3.83. The van der Waals surface area contributed by atoms with Crippen LogP contribution in [0.4, 0.5) is 5.69 Å². The molecule has 6 heteroatoms. The number of benzene rings is 3. The average molecular weight is 460 g/mol. The van der Waals surface area contributed by atoms with Gasteiger partial charge >= 0.3 is 0 Å². The summed E-state index contributed by atoms with van der Waals surface area (Å²) in [5.41, 5.74) is 2.38. The molecule has 0 aliphatic carbocycles. The molecule has 4 rings (SSSR count). The van der Waals surface area contributed by atoms with Gasteiger partial charge < -0.3 is 14.5 Å². The Bertz CT molecular complexity index is 1260. The molecule has 0 unspecified atom stereocenters. The minimum atomic E-state index is -0.474. The molecule has 0 saturated carbocycles. The van der Waals surface area contributed by atoms with Gasteiger partial charge in [-0.15, -0.1) is 0 Å². The fraction of sp³-hybridized carbons (Fsp3) is 0.111. The van der Waals surface area contributed by atoms with Crippen molar-refractivity contribution in [1.29, 1.82) is 0 Å². The third kappa shape index (κ3) is 5.51. The Morgan fingerprint density at radius 1 is 0.939 bits per heavy atom. The van der Waals surface area contributed by atoms with Gasteiger partial charge in [0.05, 0.1) is 5.69 Å². The van der Waals surface area contributed by atoms with Gasteiger partial charge in [0.25, 0.3) is 5.91 Å². The number of rotatable bonds is 8. The number of hydrogen-bond acceptors (Lipinski definition) is 4. The molecule has 1 amide bonds. The first-order valence-electron chi connectivity index (χ1n) is 10.5. The molecule has 5 nitrogen and oxygen atoms in total. The highest BCUT2D eigenvalue weighted by Gasteiger charge is 2.18. The van der Waals surface area contributed by atoms with Crippen LogP contribution in [-0.4, -0.2) is 11.7 Å². The number of hydrogen-bond donors (Lipinski definition) is 1. The lowest BCUT2D eigenvalue weighted by Gasteiger charge is -2.10. The normalized spacial score (nSPS) is 10.6. The van der Waals surface area contributed by atoms with Crippen molar-refractivity contribution < 1.29 is 18.7 Å². The summed E-state index contributed by atoms with van der Waals surface area (Å²) in [7, 11) is 0.